The van der Waals surface area contributed by atoms with E-state index in [2.05, 4.69) is 52.2 Å². The van der Waals surface area contributed by atoms with Crippen LogP contribution in [0.25, 0.3) is 0 Å². The molecule has 22 heavy (non-hydrogen) atoms. The molecule has 128 valence electrons. The Hall–Kier alpha value is -1.06. The maximum atomic E-state index is 12.0. The average molecular weight is 310 g/mol. The third kappa shape index (κ3) is 8.40. The van der Waals surface area contributed by atoms with E-state index in [9.17, 15) is 9.59 Å². The van der Waals surface area contributed by atoms with E-state index in [1.165, 1.54) is 0 Å². The van der Waals surface area contributed by atoms with Crippen LogP contribution in [0.2, 0.25) is 0 Å². The molecule has 0 saturated heterocycles. The fourth-order valence-corrected chi connectivity index (χ4v) is 2.97. The lowest BCUT2D eigenvalue weighted by Crippen LogP contribution is -2.46. The smallest absolute Gasteiger partial charge is 0.220 e. The van der Waals surface area contributed by atoms with Crippen LogP contribution in [0, 0.1) is 10.8 Å². The van der Waals surface area contributed by atoms with Crippen LogP contribution in [0.5, 0.6) is 0 Å². The van der Waals surface area contributed by atoms with Gasteiger partial charge in [0, 0.05) is 24.9 Å². The van der Waals surface area contributed by atoms with Gasteiger partial charge in [0.05, 0.1) is 0 Å². The lowest BCUT2D eigenvalue weighted by atomic mass is 9.88. The molecule has 0 aromatic rings. The van der Waals surface area contributed by atoms with Crippen LogP contribution in [0.1, 0.15) is 80.1 Å². The van der Waals surface area contributed by atoms with E-state index in [0.717, 1.165) is 25.7 Å². The van der Waals surface area contributed by atoms with Gasteiger partial charge in [0.25, 0.3) is 0 Å². The molecule has 1 aliphatic carbocycles. The second-order valence-corrected chi connectivity index (χ2v) is 9.17. The third-order valence-corrected chi connectivity index (χ3v) is 3.79. The minimum absolute atomic E-state index is 0.0130. The maximum Gasteiger partial charge on any atom is 0.220 e. The highest BCUT2D eigenvalue weighted by Crippen LogP contribution is 2.23. The third-order valence-electron chi connectivity index (χ3n) is 3.79. The first-order valence-corrected chi connectivity index (χ1v) is 8.53. The summed E-state index contributed by atoms with van der Waals surface area (Å²) in [4.78, 5) is 24.1. The van der Waals surface area contributed by atoms with Gasteiger partial charge in [0.1, 0.15) is 0 Å². The van der Waals surface area contributed by atoms with Crippen molar-refractivity contribution in [3.63, 3.8) is 0 Å². The van der Waals surface area contributed by atoms with Gasteiger partial charge in [-0.3, -0.25) is 9.59 Å². The number of nitrogens with one attached hydrogen (secondary N) is 2. The molecule has 2 N–H and O–H groups in total. The van der Waals surface area contributed by atoms with Crippen LogP contribution in [0.4, 0.5) is 0 Å². The molecule has 0 aromatic carbocycles. The lowest BCUT2D eigenvalue weighted by Gasteiger charge is -2.31. The van der Waals surface area contributed by atoms with E-state index >= 15 is 0 Å². The van der Waals surface area contributed by atoms with E-state index < -0.39 is 0 Å². The van der Waals surface area contributed by atoms with E-state index in [4.69, 9.17) is 0 Å². The van der Waals surface area contributed by atoms with Crippen molar-refractivity contribution in [2.24, 2.45) is 10.8 Å². The molecule has 0 spiro atoms. The lowest BCUT2D eigenvalue weighted by molar-refractivity contribution is -0.123. The monoisotopic (exact) mass is 310 g/mol. The van der Waals surface area contributed by atoms with Crippen molar-refractivity contribution < 1.29 is 9.59 Å². The van der Waals surface area contributed by atoms with Crippen molar-refractivity contribution in [2.75, 3.05) is 0 Å². The fraction of sp³-hybridized carbons (Fsp3) is 0.889. The summed E-state index contributed by atoms with van der Waals surface area (Å²) in [5, 5.41) is 6.27. The number of hydrogen-bond acceptors (Lipinski definition) is 2. The minimum Gasteiger partial charge on any atom is -0.353 e. The Morgan fingerprint density at radius 1 is 0.818 bits per heavy atom. The summed E-state index contributed by atoms with van der Waals surface area (Å²) in [5.41, 5.74) is 0.0259. The predicted molar refractivity (Wildman–Crippen MR) is 90.5 cm³/mol. The molecule has 0 aromatic heterocycles. The number of rotatable bonds is 4. The SMILES string of the molecule is CC(C)(C)CC(=O)N[C@@H]1CCC[C@H](NC(=O)CC(C)(C)C)C1. The Kier molecular flexibility index (Phi) is 6.45. The summed E-state index contributed by atoms with van der Waals surface area (Å²) in [6.45, 7) is 12.4. The quantitative estimate of drug-likeness (QED) is 0.836. The zero-order valence-corrected chi connectivity index (χ0v) is 15.2. The Labute approximate surface area is 135 Å². The highest BCUT2D eigenvalue weighted by molar-refractivity contribution is 5.77. The maximum absolute atomic E-state index is 12.0. The van der Waals surface area contributed by atoms with Gasteiger partial charge in [-0.2, -0.15) is 0 Å². The molecule has 1 saturated carbocycles. The first-order chi connectivity index (χ1) is 9.94. The standard InChI is InChI=1S/C18H34N2O2/c1-17(2,3)11-15(21)19-13-8-7-9-14(10-13)20-16(22)12-18(4,5)6/h13-14H,7-12H2,1-6H3,(H,19,21)(H,20,22)/t13-,14+. The molecule has 0 bridgehead atoms. The van der Waals surface area contributed by atoms with Crippen LogP contribution < -0.4 is 10.6 Å². The molecule has 2 amide bonds. The number of carbonyl (C=O) groups excluding carboxylic acids is 2. The zero-order chi connectivity index (χ0) is 17.0. The molecule has 1 fully saturated rings. The summed E-state index contributed by atoms with van der Waals surface area (Å²) in [6, 6.07) is 0.395. The number of carbonyl (C=O) groups is 2. The van der Waals surface area contributed by atoms with Crippen molar-refractivity contribution in [1.82, 2.24) is 10.6 Å². The summed E-state index contributed by atoms with van der Waals surface area (Å²) < 4.78 is 0. The summed E-state index contributed by atoms with van der Waals surface area (Å²) >= 11 is 0. The second-order valence-electron chi connectivity index (χ2n) is 9.17. The van der Waals surface area contributed by atoms with Gasteiger partial charge in [-0.15, -0.1) is 0 Å². The van der Waals surface area contributed by atoms with E-state index in [1.807, 2.05) is 0 Å². The van der Waals surface area contributed by atoms with Crippen molar-refractivity contribution in [1.29, 1.82) is 0 Å². The molecule has 1 aliphatic rings. The highest BCUT2D eigenvalue weighted by atomic mass is 16.2. The molecule has 0 heterocycles. The molecule has 2 atom stereocenters. The van der Waals surface area contributed by atoms with Crippen LogP contribution in [-0.4, -0.2) is 23.9 Å². The Morgan fingerprint density at radius 2 is 1.18 bits per heavy atom. The Morgan fingerprint density at radius 3 is 1.50 bits per heavy atom. The van der Waals surface area contributed by atoms with Gasteiger partial charge in [-0.25, -0.2) is 0 Å². The number of amides is 2. The predicted octanol–water partition coefficient (Wildman–Crippen LogP) is 3.40. The van der Waals surface area contributed by atoms with Crippen molar-refractivity contribution in [2.45, 2.75) is 92.2 Å². The second kappa shape index (κ2) is 7.47. The fourth-order valence-electron chi connectivity index (χ4n) is 2.97. The first kappa shape index (κ1) is 19.0. The van der Waals surface area contributed by atoms with Crippen LogP contribution >= 0.6 is 0 Å². The Bertz CT molecular complexity index is 355. The minimum atomic E-state index is 0.0130. The summed E-state index contributed by atoms with van der Waals surface area (Å²) in [5.74, 6) is 0.248. The van der Waals surface area contributed by atoms with Gasteiger partial charge >= 0.3 is 0 Å². The molecule has 0 unspecified atom stereocenters. The highest BCUT2D eigenvalue weighted by Gasteiger charge is 2.26. The molecule has 0 aliphatic heterocycles. The molecule has 4 nitrogen and oxygen atoms in total. The molecule has 0 radical (unpaired) electrons. The molecular weight excluding hydrogens is 276 g/mol. The summed E-state index contributed by atoms with van der Waals surface area (Å²) in [7, 11) is 0. The normalized spacial score (nSPS) is 23.0. The molecule has 1 rings (SSSR count). The van der Waals surface area contributed by atoms with Gasteiger partial charge in [0.2, 0.25) is 11.8 Å². The van der Waals surface area contributed by atoms with Gasteiger partial charge in [0.15, 0.2) is 0 Å². The van der Waals surface area contributed by atoms with Crippen LogP contribution in [0.15, 0.2) is 0 Å². The van der Waals surface area contributed by atoms with Crippen molar-refractivity contribution >= 4 is 11.8 Å². The van der Waals surface area contributed by atoms with Gasteiger partial charge in [-0.05, 0) is 36.5 Å². The first-order valence-electron chi connectivity index (χ1n) is 8.53. The van der Waals surface area contributed by atoms with Crippen LogP contribution in [0.3, 0.4) is 0 Å². The zero-order valence-electron chi connectivity index (χ0n) is 15.2. The number of hydrogen-bond donors (Lipinski definition) is 2. The Balaban J connectivity index is 2.41. The van der Waals surface area contributed by atoms with E-state index in [-0.39, 0.29) is 34.7 Å². The van der Waals surface area contributed by atoms with Crippen molar-refractivity contribution in [3.8, 4) is 0 Å². The van der Waals surface area contributed by atoms with Crippen LogP contribution in [-0.2, 0) is 9.59 Å². The van der Waals surface area contributed by atoms with E-state index in [1.54, 1.807) is 0 Å². The van der Waals surface area contributed by atoms with E-state index in [0.29, 0.717) is 12.8 Å². The summed E-state index contributed by atoms with van der Waals surface area (Å²) in [6.07, 6.45) is 5.03. The van der Waals surface area contributed by atoms with Gasteiger partial charge in [-0.1, -0.05) is 41.5 Å². The average Bonchev–Trinajstić information content (AvgIpc) is 2.22. The van der Waals surface area contributed by atoms with Gasteiger partial charge < -0.3 is 10.6 Å². The molecule has 4 heteroatoms. The molecular formula is C18H34N2O2. The largest absolute Gasteiger partial charge is 0.353 e. The topological polar surface area (TPSA) is 58.2 Å². The van der Waals surface area contributed by atoms with Crippen molar-refractivity contribution in [3.05, 3.63) is 0 Å².